The van der Waals surface area contributed by atoms with E-state index < -0.39 is 4.92 Å². The van der Waals surface area contributed by atoms with E-state index in [1.54, 1.807) is 12.1 Å². The summed E-state index contributed by atoms with van der Waals surface area (Å²) in [7, 11) is 0. The predicted octanol–water partition coefficient (Wildman–Crippen LogP) is 1.05. The molecule has 1 heterocycles. The molecule has 6 nitrogen and oxygen atoms in total. The van der Waals surface area contributed by atoms with Crippen LogP contribution in [0.5, 0.6) is 0 Å². The number of fused-ring (bicyclic) bond motifs is 1. The number of non-ortho nitro benzene ring substituents is 1. The second-order valence-corrected chi connectivity index (χ2v) is 2.57. The first kappa shape index (κ1) is 7.53. The molecular weight excluding hydrogens is 172 g/mol. The van der Waals surface area contributed by atoms with E-state index in [1.165, 1.54) is 6.07 Å². The third-order valence-corrected chi connectivity index (χ3v) is 1.78. The van der Waals surface area contributed by atoms with Crippen molar-refractivity contribution < 1.29 is 4.92 Å². The van der Waals surface area contributed by atoms with Crippen LogP contribution in [0.25, 0.3) is 10.9 Å². The number of rotatable bonds is 1. The van der Waals surface area contributed by atoms with Crippen LogP contribution in [-0.2, 0) is 0 Å². The Kier molecular flexibility index (Phi) is 1.42. The van der Waals surface area contributed by atoms with Gasteiger partial charge in [-0.3, -0.25) is 15.2 Å². The Morgan fingerprint density at radius 1 is 1.54 bits per heavy atom. The number of anilines is 1. The van der Waals surface area contributed by atoms with E-state index in [0.717, 1.165) is 0 Å². The summed E-state index contributed by atoms with van der Waals surface area (Å²) in [5.41, 5.74) is 5.97. The number of nitrogen functional groups attached to an aromatic ring is 1. The Labute approximate surface area is 72.5 Å². The molecule has 0 amide bonds. The Bertz CT molecular complexity index is 476. The van der Waals surface area contributed by atoms with E-state index >= 15 is 0 Å². The van der Waals surface area contributed by atoms with Crippen LogP contribution in [0.2, 0.25) is 0 Å². The number of aromatic amines is 1. The second kappa shape index (κ2) is 2.44. The van der Waals surface area contributed by atoms with Crippen LogP contribution in [0.15, 0.2) is 18.2 Å². The highest BCUT2D eigenvalue weighted by Crippen LogP contribution is 2.27. The van der Waals surface area contributed by atoms with Gasteiger partial charge in [0.25, 0.3) is 5.69 Å². The Morgan fingerprint density at radius 2 is 2.31 bits per heavy atom. The van der Waals surface area contributed by atoms with Crippen molar-refractivity contribution in [3.63, 3.8) is 0 Å². The Balaban J connectivity index is 2.88. The molecule has 0 spiro atoms. The molecule has 2 aromatic rings. The molecule has 66 valence electrons. The first-order chi connectivity index (χ1) is 6.20. The largest absolute Gasteiger partial charge is 0.383 e. The lowest BCUT2D eigenvalue weighted by molar-refractivity contribution is -0.383. The molecule has 2 rings (SSSR count). The maximum Gasteiger partial charge on any atom is 0.282 e. The first-order valence-corrected chi connectivity index (χ1v) is 3.57. The molecule has 0 aliphatic heterocycles. The molecule has 1 aromatic heterocycles. The zero-order valence-electron chi connectivity index (χ0n) is 6.52. The van der Waals surface area contributed by atoms with Gasteiger partial charge in [-0.25, -0.2) is 0 Å². The summed E-state index contributed by atoms with van der Waals surface area (Å²) in [6, 6.07) is 4.63. The van der Waals surface area contributed by atoms with Crippen molar-refractivity contribution in [1.82, 2.24) is 10.2 Å². The number of nitrogens with one attached hydrogen (secondary N) is 1. The SMILES string of the molecule is Nc1[nH]nc2cccc([N+](=O)[O-])c12. The average Bonchev–Trinajstić information content (AvgIpc) is 2.48. The van der Waals surface area contributed by atoms with Gasteiger partial charge in [0.15, 0.2) is 0 Å². The fourth-order valence-electron chi connectivity index (χ4n) is 1.23. The number of nitro benzene ring substituents is 1. The van der Waals surface area contributed by atoms with Gasteiger partial charge >= 0.3 is 0 Å². The summed E-state index contributed by atoms with van der Waals surface area (Å²) in [6.07, 6.45) is 0. The van der Waals surface area contributed by atoms with Crippen LogP contribution in [-0.4, -0.2) is 15.1 Å². The summed E-state index contributed by atoms with van der Waals surface area (Å²) >= 11 is 0. The van der Waals surface area contributed by atoms with Gasteiger partial charge in [0.1, 0.15) is 16.7 Å². The zero-order valence-corrected chi connectivity index (χ0v) is 6.52. The molecule has 0 saturated carbocycles. The third kappa shape index (κ3) is 0.994. The van der Waals surface area contributed by atoms with E-state index in [0.29, 0.717) is 10.9 Å². The van der Waals surface area contributed by atoms with Crippen molar-refractivity contribution in [1.29, 1.82) is 0 Å². The topological polar surface area (TPSA) is 97.8 Å². The number of nitro groups is 1. The molecule has 0 fully saturated rings. The minimum atomic E-state index is -0.478. The maximum absolute atomic E-state index is 10.6. The van der Waals surface area contributed by atoms with Gasteiger partial charge in [-0.1, -0.05) is 6.07 Å². The molecule has 0 unspecified atom stereocenters. The highest BCUT2D eigenvalue weighted by molar-refractivity contribution is 5.96. The van der Waals surface area contributed by atoms with Gasteiger partial charge < -0.3 is 5.73 Å². The van der Waals surface area contributed by atoms with Gasteiger partial charge in [0.2, 0.25) is 0 Å². The quantitative estimate of drug-likeness (QED) is 0.503. The van der Waals surface area contributed by atoms with Crippen molar-refractivity contribution in [2.75, 3.05) is 5.73 Å². The van der Waals surface area contributed by atoms with Gasteiger partial charge in [0.05, 0.1) is 4.92 Å². The van der Waals surface area contributed by atoms with Crippen LogP contribution < -0.4 is 5.73 Å². The molecule has 1 aromatic carbocycles. The summed E-state index contributed by atoms with van der Waals surface area (Å²) < 4.78 is 0. The molecule has 0 radical (unpaired) electrons. The summed E-state index contributed by atoms with van der Waals surface area (Å²) in [6.45, 7) is 0. The number of nitrogens with two attached hydrogens (primary N) is 1. The molecule has 0 aliphatic rings. The number of H-pyrrole nitrogens is 1. The zero-order chi connectivity index (χ0) is 9.42. The number of nitrogens with zero attached hydrogens (tertiary/aromatic N) is 2. The second-order valence-electron chi connectivity index (χ2n) is 2.57. The lowest BCUT2D eigenvalue weighted by Crippen LogP contribution is -1.91. The van der Waals surface area contributed by atoms with E-state index in [4.69, 9.17) is 5.73 Å². The highest BCUT2D eigenvalue weighted by atomic mass is 16.6. The molecule has 0 bridgehead atoms. The van der Waals surface area contributed by atoms with Crippen LogP contribution >= 0.6 is 0 Å². The number of hydrogen-bond donors (Lipinski definition) is 2. The maximum atomic E-state index is 10.6. The molecule has 6 heteroatoms. The first-order valence-electron chi connectivity index (χ1n) is 3.57. The van der Waals surface area contributed by atoms with E-state index in [-0.39, 0.29) is 11.5 Å². The summed E-state index contributed by atoms with van der Waals surface area (Å²) in [5, 5.41) is 17.2. The highest BCUT2D eigenvalue weighted by Gasteiger charge is 2.15. The van der Waals surface area contributed by atoms with Crippen molar-refractivity contribution in [2.45, 2.75) is 0 Å². The Morgan fingerprint density at radius 3 is 3.00 bits per heavy atom. The standard InChI is InChI=1S/C7H6N4O2/c8-7-6-4(9-10-7)2-1-3-5(6)11(12)13/h1-3H,(H3,8,9,10). The van der Waals surface area contributed by atoms with Gasteiger partial charge in [-0.05, 0) is 6.07 Å². The fraction of sp³-hybridized carbons (Fsp3) is 0. The van der Waals surface area contributed by atoms with Crippen molar-refractivity contribution in [3.05, 3.63) is 28.3 Å². The minimum absolute atomic E-state index is 0.0243. The average molecular weight is 178 g/mol. The monoisotopic (exact) mass is 178 g/mol. The van der Waals surface area contributed by atoms with E-state index in [2.05, 4.69) is 10.2 Å². The molecular formula is C7H6N4O2. The summed E-state index contributed by atoms with van der Waals surface area (Å²) in [5.74, 6) is 0.224. The minimum Gasteiger partial charge on any atom is -0.383 e. The van der Waals surface area contributed by atoms with Crippen LogP contribution in [0, 0.1) is 10.1 Å². The summed E-state index contributed by atoms with van der Waals surface area (Å²) in [4.78, 5) is 10.1. The van der Waals surface area contributed by atoms with Crippen molar-refractivity contribution >= 4 is 22.4 Å². The smallest absolute Gasteiger partial charge is 0.282 e. The van der Waals surface area contributed by atoms with Crippen LogP contribution in [0.3, 0.4) is 0 Å². The number of aromatic nitrogens is 2. The van der Waals surface area contributed by atoms with E-state index in [9.17, 15) is 10.1 Å². The number of benzene rings is 1. The van der Waals surface area contributed by atoms with Crippen molar-refractivity contribution in [3.8, 4) is 0 Å². The van der Waals surface area contributed by atoms with Gasteiger partial charge in [-0.15, -0.1) is 0 Å². The Hall–Kier alpha value is -2.11. The third-order valence-electron chi connectivity index (χ3n) is 1.78. The molecule has 13 heavy (non-hydrogen) atoms. The molecule has 0 saturated heterocycles. The van der Waals surface area contributed by atoms with Crippen molar-refractivity contribution in [2.24, 2.45) is 0 Å². The van der Waals surface area contributed by atoms with Gasteiger partial charge in [0, 0.05) is 6.07 Å². The number of hydrogen-bond acceptors (Lipinski definition) is 4. The fourth-order valence-corrected chi connectivity index (χ4v) is 1.23. The molecule has 0 atom stereocenters. The normalized spacial score (nSPS) is 10.5. The predicted molar refractivity (Wildman–Crippen MR) is 47.2 cm³/mol. The lowest BCUT2D eigenvalue weighted by Gasteiger charge is -1.92. The van der Waals surface area contributed by atoms with Crippen LogP contribution in [0.1, 0.15) is 0 Å². The lowest BCUT2D eigenvalue weighted by atomic mass is 10.2. The van der Waals surface area contributed by atoms with Crippen LogP contribution in [0.4, 0.5) is 11.5 Å². The molecule has 0 aliphatic carbocycles. The molecule has 3 N–H and O–H groups in total. The van der Waals surface area contributed by atoms with E-state index in [1.807, 2.05) is 0 Å². The van der Waals surface area contributed by atoms with Gasteiger partial charge in [-0.2, -0.15) is 5.10 Å².